The zero-order valence-electron chi connectivity index (χ0n) is 16.5. The number of aryl methyl sites for hydroxylation is 2. The summed E-state index contributed by atoms with van der Waals surface area (Å²) in [6.07, 6.45) is 0.893. The van der Waals surface area contributed by atoms with Gasteiger partial charge in [-0.3, -0.25) is 14.4 Å². The van der Waals surface area contributed by atoms with Crippen molar-refractivity contribution in [3.05, 3.63) is 52.8 Å². The Morgan fingerprint density at radius 1 is 1.25 bits per heavy atom. The Hall–Kier alpha value is -2.18. The number of hydrogen-bond acceptors (Lipinski definition) is 4. The van der Waals surface area contributed by atoms with Gasteiger partial charge in [-0.05, 0) is 37.0 Å². The molecule has 3 atom stereocenters. The normalized spacial score (nSPS) is 31.3. The summed E-state index contributed by atoms with van der Waals surface area (Å²) in [6, 6.07) is 10.8. The number of rotatable bonds is 4. The second-order valence-corrected chi connectivity index (χ2v) is 8.80. The monoisotopic (exact) mass is 380 g/mol. The Kier molecular flexibility index (Phi) is 4.29. The molecule has 0 bridgehead atoms. The molecule has 0 unspecified atom stereocenters. The van der Waals surface area contributed by atoms with Crippen LogP contribution < -0.4 is 5.32 Å². The van der Waals surface area contributed by atoms with Crippen LogP contribution >= 0.6 is 0 Å². The molecule has 1 saturated heterocycles. The van der Waals surface area contributed by atoms with Gasteiger partial charge < -0.3 is 10.4 Å². The number of nitrogens with one attached hydrogen (secondary N) is 1. The highest BCUT2D eigenvalue weighted by Crippen LogP contribution is 2.49. The van der Waals surface area contributed by atoms with E-state index < -0.39 is 0 Å². The lowest BCUT2D eigenvalue weighted by Crippen LogP contribution is -2.43. The molecule has 1 saturated carbocycles. The van der Waals surface area contributed by atoms with Crippen LogP contribution in [0.4, 0.5) is 0 Å². The minimum Gasteiger partial charge on any atom is -0.393 e. The lowest BCUT2D eigenvalue weighted by molar-refractivity contribution is -0.132. The third-order valence-electron chi connectivity index (χ3n) is 6.87. The standard InChI is InChI=1S/C22H28N4O2/c1-13-7-15(25(2)24-13)10-26-11-19-17-5-3-4-6-18(17)21(20(19)12-26)23-22(28)14-8-16(27)9-14/h3-7,14,16,19-21,27H,8-12H2,1-2H3,(H,23,28)/t14?,16?,19-,20-,21+/m0/s1. The van der Waals surface area contributed by atoms with Gasteiger partial charge in [0.25, 0.3) is 0 Å². The SMILES string of the molecule is Cc1cc(CN2C[C@@H]3[C@H](NC(=O)C4CC(O)C4)c4ccccc4[C@@H]3C2)n(C)n1. The van der Waals surface area contributed by atoms with E-state index in [0.29, 0.717) is 24.7 Å². The van der Waals surface area contributed by atoms with Crippen molar-refractivity contribution in [3.63, 3.8) is 0 Å². The molecule has 148 valence electrons. The number of likely N-dealkylation sites (tertiary alicyclic amines) is 1. The lowest BCUT2D eigenvalue weighted by atomic mass is 9.81. The van der Waals surface area contributed by atoms with Gasteiger partial charge in [-0.1, -0.05) is 24.3 Å². The predicted molar refractivity (Wildman–Crippen MR) is 106 cm³/mol. The third-order valence-corrected chi connectivity index (χ3v) is 6.87. The number of aliphatic hydroxyl groups is 1. The zero-order chi connectivity index (χ0) is 19.4. The predicted octanol–water partition coefficient (Wildman–Crippen LogP) is 1.89. The molecule has 2 heterocycles. The molecule has 5 rings (SSSR count). The van der Waals surface area contributed by atoms with Crippen LogP contribution in [0.1, 0.15) is 47.3 Å². The van der Waals surface area contributed by atoms with Gasteiger partial charge in [0.15, 0.2) is 0 Å². The number of aliphatic hydroxyl groups excluding tert-OH is 1. The molecule has 1 amide bonds. The molecule has 0 radical (unpaired) electrons. The van der Waals surface area contributed by atoms with Crippen LogP contribution in [0.25, 0.3) is 0 Å². The van der Waals surface area contributed by atoms with Crippen molar-refractivity contribution in [3.8, 4) is 0 Å². The molecule has 1 aliphatic heterocycles. The topological polar surface area (TPSA) is 70.4 Å². The largest absolute Gasteiger partial charge is 0.393 e. The molecular weight excluding hydrogens is 352 g/mol. The Morgan fingerprint density at radius 2 is 2.00 bits per heavy atom. The summed E-state index contributed by atoms with van der Waals surface area (Å²) in [7, 11) is 2.00. The summed E-state index contributed by atoms with van der Waals surface area (Å²) in [5.74, 6) is 0.936. The van der Waals surface area contributed by atoms with Gasteiger partial charge in [-0.25, -0.2) is 0 Å². The molecular formula is C22H28N4O2. The molecule has 1 aromatic heterocycles. The number of amides is 1. The van der Waals surface area contributed by atoms with E-state index in [0.717, 1.165) is 25.3 Å². The molecule has 2 fully saturated rings. The van der Waals surface area contributed by atoms with Gasteiger partial charge in [-0.2, -0.15) is 5.10 Å². The first kappa shape index (κ1) is 17.9. The molecule has 1 aromatic carbocycles. The fourth-order valence-corrected chi connectivity index (χ4v) is 5.37. The molecule has 28 heavy (non-hydrogen) atoms. The Morgan fingerprint density at radius 3 is 2.68 bits per heavy atom. The van der Waals surface area contributed by atoms with Gasteiger partial charge >= 0.3 is 0 Å². The Bertz CT molecular complexity index is 902. The summed E-state index contributed by atoms with van der Waals surface area (Å²) in [5.41, 5.74) is 4.95. The summed E-state index contributed by atoms with van der Waals surface area (Å²) in [4.78, 5) is 15.2. The van der Waals surface area contributed by atoms with Crippen LogP contribution in [0.15, 0.2) is 30.3 Å². The fraction of sp³-hybridized carbons (Fsp3) is 0.545. The van der Waals surface area contributed by atoms with Crippen LogP contribution in [-0.4, -0.2) is 44.9 Å². The van der Waals surface area contributed by atoms with E-state index in [1.54, 1.807) is 0 Å². The van der Waals surface area contributed by atoms with E-state index in [1.807, 2.05) is 18.7 Å². The third kappa shape index (κ3) is 2.95. The quantitative estimate of drug-likeness (QED) is 0.850. The zero-order valence-corrected chi connectivity index (χ0v) is 16.5. The molecule has 2 aromatic rings. The van der Waals surface area contributed by atoms with E-state index in [4.69, 9.17) is 0 Å². The first-order chi connectivity index (χ1) is 13.5. The molecule has 0 spiro atoms. The average Bonchev–Trinajstić information content (AvgIpc) is 3.27. The summed E-state index contributed by atoms with van der Waals surface area (Å²) < 4.78 is 1.97. The minimum absolute atomic E-state index is 0.0314. The maximum Gasteiger partial charge on any atom is 0.223 e. The van der Waals surface area contributed by atoms with E-state index in [9.17, 15) is 9.90 Å². The molecule has 6 nitrogen and oxygen atoms in total. The van der Waals surface area contributed by atoms with Gasteiger partial charge in [0.05, 0.1) is 23.5 Å². The van der Waals surface area contributed by atoms with E-state index in [2.05, 4.69) is 45.6 Å². The van der Waals surface area contributed by atoms with E-state index in [-0.39, 0.29) is 24.0 Å². The van der Waals surface area contributed by atoms with Gasteiger partial charge in [0.2, 0.25) is 5.91 Å². The van der Waals surface area contributed by atoms with Gasteiger partial charge in [0.1, 0.15) is 0 Å². The highest BCUT2D eigenvalue weighted by molar-refractivity contribution is 5.80. The second kappa shape index (κ2) is 6.71. The first-order valence-electron chi connectivity index (χ1n) is 10.3. The van der Waals surface area contributed by atoms with Gasteiger partial charge in [0, 0.05) is 44.4 Å². The van der Waals surface area contributed by atoms with Crippen molar-refractivity contribution in [1.29, 1.82) is 0 Å². The van der Waals surface area contributed by atoms with Gasteiger partial charge in [-0.15, -0.1) is 0 Å². The van der Waals surface area contributed by atoms with E-state index >= 15 is 0 Å². The van der Waals surface area contributed by atoms with Crippen LogP contribution in [0.2, 0.25) is 0 Å². The average molecular weight is 380 g/mol. The van der Waals surface area contributed by atoms with Crippen molar-refractivity contribution in [2.75, 3.05) is 13.1 Å². The van der Waals surface area contributed by atoms with Crippen LogP contribution in [0.5, 0.6) is 0 Å². The number of carbonyl (C=O) groups is 1. The van der Waals surface area contributed by atoms with Crippen molar-refractivity contribution >= 4 is 5.91 Å². The second-order valence-electron chi connectivity index (χ2n) is 8.80. The van der Waals surface area contributed by atoms with Crippen molar-refractivity contribution in [2.45, 2.75) is 44.4 Å². The smallest absolute Gasteiger partial charge is 0.223 e. The molecule has 2 aliphatic carbocycles. The fourth-order valence-electron chi connectivity index (χ4n) is 5.37. The number of fused-ring (bicyclic) bond motifs is 3. The lowest BCUT2D eigenvalue weighted by Gasteiger charge is -2.32. The number of hydrogen-bond donors (Lipinski definition) is 2. The highest BCUT2D eigenvalue weighted by Gasteiger charge is 2.47. The first-order valence-corrected chi connectivity index (χ1v) is 10.3. The molecule has 6 heteroatoms. The van der Waals surface area contributed by atoms with Crippen molar-refractivity contribution < 1.29 is 9.90 Å². The summed E-state index contributed by atoms with van der Waals surface area (Å²) in [6.45, 7) is 4.91. The summed E-state index contributed by atoms with van der Waals surface area (Å²) >= 11 is 0. The Labute approximate surface area is 165 Å². The van der Waals surface area contributed by atoms with Crippen molar-refractivity contribution in [1.82, 2.24) is 20.0 Å². The van der Waals surface area contributed by atoms with Crippen LogP contribution in [0, 0.1) is 18.8 Å². The van der Waals surface area contributed by atoms with Crippen LogP contribution in [0.3, 0.4) is 0 Å². The Balaban J connectivity index is 1.35. The number of aromatic nitrogens is 2. The van der Waals surface area contributed by atoms with E-state index in [1.165, 1.54) is 16.8 Å². The number of benzene rings is 1. The number of carbonyl (C=O) groups excluding carboxylic acids is 1. The minimum atomic E-state index is -0.302. The van der Waals surface area contributed by atoms with Crippen molar-refractivity contribution in [2.24, 2.45) is 18.9 Å². The maximum absolute atomic E-state index is 12.7. The molecule has 3 aliphatic rings. The number of nitrogens with zero attached hydrogens (tertiary/aromatic N) is 3. The highest BCUT2D eigenvalue weighted by atomic mass is 16.3. The summed E-state index contributed by atoms with van der Waals surface area (Å²) in [5, 5.41) is 17.3. The van der Waals surface area contributed by atoms with Crippen LogP contribution in [-0.2, 0) is 18.4 Å². The maximum atomic E-state index is 12.7. The molecule has 2 N–H and O–H groups in total.